The number of rotatable bonds is 5. The molecular formula is C14H20N2O. The molecule has 1 aromatic rings. The van der Waals surface area contributed by atoms with Crippen LogP contribution < -0.4 is 11.1 Å². The molecule has 1 amide bonds. The summed E-state index contributed by atoms with van der Waals surface area (Å²) >= 11 is 0. The molecule has 0 aliphatic heterocycles. The number of amides is 1. The Bertz CT molecular complexity index is 415. The molecule has 92 valence electrons. The van der Waals surface area contributed by atoms with Crippen LogP contribution in [0, 0.1) is 6.92 Å². The van der Waals surface area contributed by atoms with E-state index < -0.39 is 0 Å². The monoisotopic (exact) mass is 232 g/mol. The highest BCUT2D eigenvalue weighted by molar-refractivity contribution is 5.73. The first-order chi connectivity index (χ1) is 8.16. The molecule has 0 aromatic heterocycles. The third-order valence-electron chi connectivity index (χ3n) is 3.37. The number of benzene rings is 1. The van der Waals surface area contributed by atoms with Crippen molar-refractivity contribution in [3.8, 4) is 0 Å². The molecule has 0 bridgehead atoms. The smallest absolute Gasteiger partial charge is 0.217 e. The Morgan fingerprint density at radius 1 is 1.53 bits per heavy atom. The Morgan fingerprint density at radius 3 is 3.12 bits per heavy atom. The van der Waals surface area contributed by atoms with E-state index >= 15 is 0 Å². The Hall–Kier alpha value is -1.35. The summed E-state index contributed by atoms with van der Waals surface area (Å²) in [4.78, 5) is 10.6. The van der Waals surface area contributed by atoms with Crippen molar-refractivity contribution in [2.24, 2.45) is 5.73 Å². The molecule has 0 heterocycles. The maximum Gasteiger partial charge on any atom is 0.217 e. The number of carbonyl (C=O) groups excluding carboxylic acids is 1. The fourth-order valence-electron chi connectivity index (χ4n) is 2.47. The van der Waals surface area contributed by atoms with Gasteiger partial charge in [-0.15, -0.1) is 0 Å². The minimum absolute atomic E-state index is 0.213. The van der Waals surface area contributed by atoms with Crippen molar-refractivity contribution >= 4 is 5.91 Å². The average molecular weight is 232 g/mol. The van der Waals surface area contributed by atoms with Crippen LogP contribution in [0.5, 0.6) is 0 Å². The first-order valence-corrected chi connectivity index (χ1v) is 6.28. The summed E-state index contributed by atoms with van der Waals surface area (Å²) in [7, 11) is 0. The summed E-state index contributed by atoms with van der Waals surface area (Å²) in [6.07, 6.45) is 3.62. The average Bonchev–Trinajstić information content (AvgIpc) is 2.67. The number of hydrogen-bond donors (Lipinski definition) is 2. The maximum absolute atomic E-state index is 10.6. The van der Waals surface area contributed by atoms with Crippen molar-refractivity contribution < 1.29 is 4.79 Å². The largest absolute Gasteiger partial charge is 0.370 e. The second kappa shape index (κ2) is 5.32. The molecule has 3 nitrogen and oxygen atoms in total. The van der Waals surface area contributed by atoms with Gasteiger partial charge in [0.05, 0.1) is 0 Å². The quantitative estimate of drug-likeness (QED) is 0.761. The van der Waals surface area contributed by atoms with E-state index in [1.807, 2.05) is 0 Å². The molecule has 1 aliphatic carbocycles. The second-order valence-electron chi connectivity index (χ2n) is 4.82. The maximum atomic E-state index is 10.6. The number of nitrogens with one attached hydrogen (secondary N) is 1. The van der Waals surface area contributed by atoms with Gasteiger partial charge in [0.15, 0.2) is 0 Å². The predicted octanol–water partition coefficient (Wildman–Crippen LogP) is 1.84. The molecule has 17 heavy (non-hydrogen) atoms. The molecule has 0 spiro atoms. The van der Waals surface area contributed by atoms with Crippen LogP contribution in [0.4, 0.5) is 0 Å². The van der Waals surface area contributed by atoms with E-state index in [9.17, 15) is 4.79 Å². The van der Waals surface area contributed by atoms with Crippen molar-refractivity contribution in [2.75, 3.05) is 6.54 Å². The van der Waals surface area contributed by atoms with Crippen LogP contribution in [0.25, 0.3) is 0 Å². The molecule has 1 atom stereocenters. The zero-order valence-electron chi connectivity index (χ0n) is 10.3. The molecule has 0 saturated heterocycles. The van der Waals surface area contributed by atoms with Crippen molar-refractivity contribution in [3.05, 3.63) is 34.9 Å². The highest BCUT2D eigenvalue weighted by Crippen LogP contribution is 2.31. The highest BCUT2D eigenvalue weighted by atomic mass is 16.1. The van der Waals surface area contributed by atoms with Crippen LogP contribution >= 0.6 is 0 Å². The number of nitrogens with two attached hydrogens (primary N) is 1. The minimum atomic E-state index is -0.213. The summed E-state index contributed by atoms with van der Waals surface area (Å²) in [6.45, 7) is 2.99. The molecule has 0 radical (unpaired) electrons. The molecule has 0 saturated carbocycles. The van der Waals surface area contributed by atoms with Crippen LogP contribution in [-0.2, 0) is 11.2 Å². The summed E-state index contributed by atoms with van der Waals surface area (Å²) in [5.74, 6) is -0.213. The predicted molar refractivity (Wildman–Crippen MR) is 68.7 cm³/mol. The molecule has 3 N–H and O–H groups in total. The lowest BCUT2D eigenvalue weighted by Crippen LogP contribution is -2.22. The fourth-order valence-corrected chi connectivity index (χ4v) is 2.47. The lowest BCUT2D eigenvalue weighted by molar-refractivity contribution is -0.118. The Labute approximate surface area is 102 Å². The highest BCUT2D eigenvalue weighted by Gasteiger charge is 2.21. The number of carbonyl (C=O) groups is 1. The van der Waals surface area contributed by atoms with Gasteiger partial charge in [0.25, 0.3) is 0 Å². The molecule has 3 heteroatoms. The van der Waals surface area contributed by atoms with Gasteiger partial charge < -0.3 is 11.1 Å². The number of hydrogen-bond acceptors (Lipinski definition) is 2. The number of primary amides is 1. The van der Waals surface area contributed by atoms with Gasteiger partial charge in [-0.2, -0.15) is 0 Å². The summed E-state index contributed by atoms with van der Waals surface area (Å²) in [5, 5.41) is 3.51. The van der Waals surface area contributed by atoms with Crippen LogP contribution in [0.1, 0.15) is 42.0 Å². The van der Waals surface area contributed by atoms with E-state index in [-0.39, 0.29) is 5.91 Å². The molecule has 1 unspecified atom stereocenters. The van der Waals surface area contributed by atoms with E-state index in [4.69, 9.17) is 5.73 Å². The fraction of sp³-hybridized carbons (Fsp3) is 0.500. The molecular weight excluding hydrogens is 212 g/mol. The van der Waals surface area contributed by atoms with E-state index in [0.717, 1.165) is 25.8 Å². The van der Waals surface area contributed by atoms with Gasteiger partial charge in [0, 0.05) is 12.5 Å². The lowest BCUT2D eigenvalue weighted by atomic mass is 10.0. The first kappa shape index (κ1) is 12.1. The zero-order valence-corrected chi connectivity index (χ0v) is 10.3. The molecule has 1 aromatic carbocycles. The van der Waals surface area contributed by atoms with Gasteiger partial charge in [-0.3, -0.25) is 4.79 Å². The van der Waals surface area contributed by atoms with E-state index in [1.54, 1.807) is 0 Å². The SMILES string of the molecule is Cc1ccc2c(c1)C(NCCCC(N)=O)CC2. The summed E-state index contributed by atoms with van der Waals surface area (Å²) in [6, 6.07) is 7.13. The number of fused-ring (bicyclic) bond motifs is 1. The first-order valence-electron chi connectivity index (χ1n) is 6.28. The van der Waals surface area contributed by atoms with E-state index in [2.05, 4.69) is 30.4 Å². The van der Waals surface area contributed by atoms with Crippen LogP contribution in [0.2, 0.25) is 0 Å². The van der Waals surface area contributed by atoms with Crippen LogP contribution in [-0.4, -0.2) is 12.5 Å². The van der Waals surface area contributed by atoms with E-state index in [0.29, 0.717) is 12.5 Å². The Balaban J connectivity index is 1.88. The van der Waals surface area contributed by atoms with Gasteiger partial charge >= 0.3 is 0 Å². The van der Waals surface area contributed by atoms with Gasteiger partial charge in [-0.1, -0.05) is 23.8 Å². The summed E-state index contributed by atoms with van der Waals surface area (Å²) < 4.78 is 0. The van der Waals surface area contributed by atoms with Crippen molar-refractivity contribution in [2.45, 2.75) is 38.6 Å². The standard InChI is InChI=1S/C14H20N2O/c1-10-4-5-11-6-7-13(12(11)9-10)16-8-2-3-14(15)17/h4-5,9,13,16H,2-3,6-8H2,1H3,(H2,15,17). The Kier molecular flexibility index (Phi) is 3.79. The molecule has 2 rings (SSSR count). The Morgan fingerprint density at radius 2 is 2.35 bits per heavy atom. The van der Waals surface area contributed by atoms with Crippen LogP contribution in [0.3, 0.4) is 0 Å². The molecule has 1 aliphatic rings. The third-order valence-corrected chi connectivity index (χ3v) is 3.37. The van der Waals surface area contributed by atoms with Crippen LogP contribution in [0.15, 0.2) is 18.2 Å². The van der Waals surface area contributed by atoms with Gasteiger partial charge in [0.2, 0.25) is 5.91 Å². The second-order valence-corrected chi connectivity index (χ2v) is 4.82. The van der Waals surface area contributed by atoms with Crippen molar-refractivity contribution in [1.29, 1.82) is 0 Å². The van der Waals surface area contributed by atoms with Gasteiger partial charge in [-0.25, -0.2) is 0 Å². The number of aryl methyl sites for hydroxylation is 2. The minimum Gasteiger partial charge on any atom is -0.370 e. The third kappa shape index (κ3) is 3.07. The van der Waals surface area contributed by atoms with Gasteiger partial charge in [0.1, 0.15) is 0 Å². The van der Waals surface area contributed by atoms with E-state index in [1.165, 1.54) is 16.7 Å². The topological polar surface area (TPSA) is 55.1 Å². The van der Waals surface area contributed by atoms with Gasteiger partial charge in [-0.05, 0) is 43.9 Å². The molecule has 0 fully saturated rings. The zero-order chi connectivity index (χ0) is 12.3. The lowest BCUT2D eigenvalue weighted by Gasteiger charge is -2.14. The van der Waals surface area contributed by atoms with Crippen molar-refractivity contribution in [3.63, 3.8) is 0 Å². The van der Waals surface area contributed by atoms with Crippen molar-refractivity contribution in [1.82, 2.24) is 5.32 Å². The normalized spacial score (nSPS) is 18.1. The summed E-state index contributed by atoms with van der Waals surface area (Å²) in [5.41, 5.74) is 9.33.